The quantitative estimate of drug-likeness (QED) is 0.800. The van der Waals surface area contributed by atoms with Crippen molar-refractivity contribution in [3.05, 3.63) is 60.2 Å². The summed E-state index contributed by atoms with van der Waals surface area (Å²) in [6.07, 6.45) is 0. The second-order valence-electron chi connectivity index (χ2n) is 6.84. The maximum atomic E-state index is 12.3. The van der Waals surface area contributed by atoms with Gasteiger partial charge in [-0.25, -0.2) is 0 Å². The summed E-state index contributed by atoms with van der Waals surface area (Å²) in [7, 11) is 0. The number of carboxylic acid groups (broad SMARTS) is 1. The van der Waals surface area contributed by atoms with Gasteiger partial charge in [-0.05, 0) is 42.3 Å². The van der Waals surface area contributed by atoms with Crippen LogP contribution in [0.4, 0.5) is 0 Å². The minimum absolute atomic E-state index is 0.102. The molecule has 3 rings (SSSR count). The molecule has 0 aliphatic carbocycles. The van der Waals surface area contributed by atoms with E-state index in [4.69, 9.17) is 9.84 Å². The molecule has 2 amide bonds. The van der Waals surface area contributed by atoms with Crippen LogP contribution in [0, 0.1) is 11.8 Å². The van der Waals surface area contributed by atoms with Gasteiger partial charge >= 0.3 is 5.97 Å². The zero-order valence-electron chi connectivity index (χ0n) is 15.5. The number of rotatable bonds is 6. The molecule has 1 aliphatic rings. The number of ether oxygens (including phenoxy) is 1. The fourth-order valence-electron chi connectivity index (χ4n) is 3.16. The monoisotopic (exact) mass is 382 g/mol. The molecule has 0 radical (unpaired) electrons. The number of nitrogens with one attached hydrogen (secondary N) is 1. The lowest BCUT2D eigenvalue weighted by Gasteiger charge is -2.16. The normalized spacial score (nSPS) is 18.5. The van der Waals surface area contributed by atoms with Crippen molar-refractivity contribution >= 4 is 17.8 Å². The number of hydrogen-bond donors (Lipinski definition) is 2. The molecule has 28 heavy (non-hydrogen) atoms. The van der Waals surface area contributed by atoms with Gasteiger partial charge < -0.3 is 20.1 Å². The summed E-state index contributed by atoms with van der Waals surface area (Å²) in [6, 6.07) is 15.9. The molecule has 0 unspecified atom stereocenters. The van der Waals surface area contributed by atoms with Gasteiger partial charge in [-0.15, -0.1) is 0 Å². The Morgan fingerprint density at radius 3 is 2.29 bits per heavy atom. The minimum atomic E-state index is -0.898. The predicted octanol–water partition coefficient (Wildman–Crippen LogP) is 2.39. The molecule has 7 nitrogen and oxygen atoms in total. The van der Waals surface area contributed by atoms with E-state index in [0.29, 0.717) is 23.6 Å². The first-order valence-corrected chi connectivity index (χ1v) is 9.06. The van der Waals surface area contributed by atoms with Gasteiger partial charge in [0, 0.05) is 18.7 Å². The average molecular weight is 382 g/mol. The molecule has 0 bridgehead atoms. The number of benzene rings is 2. The molecule has 1 aliphatic heterocycles. The van der Waals surface area contributed by atoms with Crippen LogP contribution < -0.4 is 10.1 Å². The van der Waals surface area contributed by atoms with E-state index in [9.17, 15) is 14.4 Å². The predicted molar refractivity (Wildman–Crippen MR) is 102 cm³/mol. The highest BCUT2D eigenvalue weighted by Crippen LogP contribution is 2.23. The van der Waals surface area contributed by atoms with Crippen molar-refractivity contribution in [2.24, 2.45) is 11.8 Å². The summed E-state index contributed by atoms with van der Waals surface area (Å²) in [5.41, 5.74) is 0.409. The number of carbonyl (C=O) groups excluding carboxylic acids is 2. The average Bonchev–Trinajstić information content (AvgIpc) is 3.09. The van der Waals surface area contributed by atoms with Gasteiger partial charge in [0.2, 0.25) is 5.91 Å². The van der Waals surface area contributed by atoms with Crippen LogP contribution in [0.5, 0.6) is 11.5 Å². The summed E-state index contributed by atoms with van der Waals surface area (Å²) < 4.78 is 5.68. The van der Waals surface area contributed by atoms with Gasteiger partial charge in [-0.1, -0.05) is 25.1 Å². The minimum Gasteiger partial charge on any atom is -0.481 e. The molecule has 1 saturated heterocycles. The summed E-state index contributed by atoms with van der Waals surface area (Å²) in [5, 5.41) is 11.7. The third-order valence-electron chi connectivity index (χ3n) is 4.78. The van der Waals surface area contributed by atoms with Crippen molar-refractivity contribution in [2.45, 2.75) is 6.92 Å². The lowest BCUT2D eigenvalue weighted by molar-refractivity contribution is -0.142. The lowest BCUT2D eigenvalue weighted by Crippen LogP contribution is -2.39. The molecule has 1 heterocycles. The van der Waals surface area contributed by atoms with E-state index in [-0.39, 0.29) is 30.8 Å². The number of carboxylic acids is 1. The van der Waals surface area contributed by atoms with Crippen molar-refractivity contribution in [1.29, 1.82) is 0 Å². The molecule has 1 fully saturated rings. The zero-order chi connectivity index (χ0) is 20.1. The Labute approximate surface area is 162 Å². The Bertz CT molecular complexity index is 851. The second-order valence-corrected chi connectivity index (χ2v) is 6.84. The number of likely N-dealkylation sites (tertiary alicyclic amines) is 1. The summed E-state index contributed by atoms with van der Waals surface area (Å²) in [5.74, 6) is -0.917. The highest BCUT2D eigenvalue weighted by Gasteiger charge is 2.36. The van der Waals surface area contributed by atoms with Crippen LogP contribution in [0.15, 0.2) is 54.6 Å². The molecular weight excluding hydrogens is 360 g/mol. The van der Waals surface area contributed by atoms with Gasteiger partial charge in [-0.2, -0.15) is 0 Å². The van der Waals surface area contributed by atoms with Gasteiger partial charge in [0.05, 0.1) is 12.5 Å². The molecule has 2 atom stereocenters. The molecule has 2 aromatic carbocycles. The second kappa shape index (κ2) is 8.56. The van der Waals surface area contributed by atoms with E-state index in [2.05, 4.69) is 5.32 Å². The van der Waals surface area contributed by atoms with Crippen LogP contribution in [0.25, 0.3) is 0 Å². The summed E-state index contributed by atoms with van der Waals surface area (Å²) in [6.45, 7) is 2.21. The molecule has 2 aromatic rings. The third-order valence-corrected chi connectivity index (χ3v) is 4.78. The number of aliphatic carboxylic acids is 1. The Kier molecular flexibility index (Phi) is 5.93. The van der Waals surface area contributed by atoms with Crippen LogP contribution in [0.1, 0.15) is 17.3 Å². The standard InChI is InChI=1S/C21H22N2O5/c1-14-12-23(13-18(14)21(26)27)19(24)11-22-20(25)15-7-9-17(10-8-15)28-16-5-3-2-4-6-16/h2-10,14,18H,11-13H2,1H3,(H,22,25)(H,26,27)/t14-,18-/m1/s1. The molecule has 0 aromatic heterocycles. The van der Waals surface area contributed by atoms with Crippen molar-refractivity contribution < 1.29 is 24.2 Å². The first-order valence-electron chi connectivity index (χ1n) is 9.06. The van der Waals surface area contributed by atoms with E-state index in [1.54, 1.807) is 24.3 Å². The fraction of sp³-hybridized carbons (Fsp3) is 0.286. The van der Waals surface area contributed by atoms with Crippen molar-refractivity contribution in [3.63, 3.8) is 0 Å². The Hall–Kier alpha value is -3.35. The third kappa shape index (κ3) is 4.68. The number of carbonyl (C=O) groups is 3. The molecule has 0 saturated carbocycles. The van der Waals surface area contributed by atoms with Gasteiger partial charge in [0.1, 0.15) is 11.5 Å². The van der Waals surface area contributed by atoms with Crippen molar-refractivity contribution in [3.8, 4) is 11.5 Å². The van der Waals surface area contributed by atoms with Crippen LogP contribution >= 0.6 is 0 Å². The largest absolute Gasteiger partial charge is 0.481 e. The summed E-state index contributed by atoms with van der Waals surface area (Å²) in [4.78, 5) is 37.1. The van der Waals surface area contributed by atoms with Crippen LogP contribution in [-0.2, 0) is 9.59 Å². The number of amides is 2. The maximum Gasteiger partial charge on any atom is 0.308 e. The molecule has 7 heteroatoms. The Morgan fingerprint density at radius 1 is 1.04 bits per heavy atom. The molecule has 2 N–H and O–H groups in total. The zero-order valence-corrected chi connectivity index (χ0v) is 15.5. The topological polar surface area (TPSA) is 95.9 Å². The first-order chi connectivity index (χ1) is 13.4. The lowest BCUT2D eigenvalue weighted by atomic mass is 9.99. The highest BCUT2D eigenvalue weighted by molar-refractivity contribution is 5.96. The fourth-order valence-corrected chi connectivity index (χ4v) is 3.16. The van der Waals surface area contributed by atoms with Gasteiger partial charge in [0.15, 0.2) is 0 Å². The highest BCUT2D eigenvalue weighted by atomic mass is 16.5. The van der Waals surface area contributed by atoms with E-state index >= 15 is 0 Å². The first kappa shape index (κ1) is 19.4. The van der Waals surface area contributed by atoms with E-state index < -0.39 is 11.9 Å². The Morgan fingerprint density at radius 2 is 1.68 bits per heavy atom. The van der Waals surface area contributed by atoms with E-state index in [1.807, 2.05) is 37.3 Å². The van der Waals surface area contributed by atoms with Crippen LogP contribution in [0.3, 0.4) is 0 Å². The van der Waals surface area contributed by atoms with E-state index in [0.717, 1.165) is 0 Å². The molecule has 0 spiro atoms. The Balaban J connectivity index is 1.51. The number of hydrogen-bond acceptors (Lipinski definition) is 4. The van der Waals surface area contributed by atoms with Gasteiger partial charge in [0.25, 0.3) is 5.91 Å². The SMILES string of the molecule is C[C@@H]1CN(C(=O)CNC(=O)c2ccc(Oc3ccccc3)cc2)C[C@H]1C(=O)O. The number of nitrogens with zero attached hydrogens (tertiary/aromatic N) is 1. The van der Waals surface area contributed by atoms with Crippen LogP contribution in [-0.4, -0.2) is 47.4 Å². The van der Waals surface area contributed by atoms with Crippen molar-refractivity contribution in [2.75, 3.05) is 19.6 Å². The van der Waals surface area contributed by atoms with Crippen LogP contribution in [0.2, 0.25) is 0 Å². The van der Waals surface area contributed by atoms with E-state index in [1.165, 1.54) is 4.90 Å². The molecule has 146 valence electrons. The smallest absolute Gasteiger partial charge is 0.308 e. The van der Waals surface area contributed by atoms with Crippen molar-refractivity contribution in [1.82, 2.24) is 10.2 Å². The maximum absolute atomic E-state index is 12.3. The summed E-state index contributed by atoms with van der Waals surface area (Å²) >= 11 is 0. The molecular formula is C21H22N2O5. The van der Waals surface area contributed by atoms with Gasteiger partial charge in [-0.3, -0.25) is 14.4 Å². The number of para-hydroxylation sites is 1.